The van der Waals surface area contributed by atoms with Crippen LogP contribution < -0.4 is 0 Å². The Morgan fingerprint density at radius 1 is 1.12 bits per heavy atom. The maximum absolute atomic E-state index is 12.8. The fraction of sp³-hybridized carbons (Fsp3) is 0.611. The Kier molecular flexibility index (Phi) is 6.75. The van der Waals surface area contributed by atoms with Crippen LogP contribution in [0.15, 0.2) is 0 Å². The lowest BCUT2D eigenvalue weighted by Crippen LogP contribution is -2.43. The molecular weight excluding hydrogens is 308 g/mol. The van der Waals surface area contributed by atoms with Gasteiger partial charge in [-0.3, -0.25) is 9.59 Å². The van der Waals surface area contributed by atoms with Crippen LogP contribution in [-0.4, -0.2) is 46.7 Å². The molecule has 6 heteroatoms. The van der Waals surface area contributed by atoms with Gasteiger partial charge in [-0.25, -0.2) is 4.79 Å². The van der Waals surface area contributed by atoms with Crippen molar-refractivity contribution in [1.29, 1.82) is 0 Å². The summed E-state index contributed by atoms with van der Waals surface area (Å²) in [6, 6.07) is -0.0760. The number of aryl methyl sites for hydroxylation is 1. The predicted octanol–water partition coefficient (Wildman–Crippen LogP) is 2.88. The summed E-state index contributed by atoms with van der Waals surface area (Å²) in [5.41, 5.74) is 1.93. The lowest BCUT2D eigenvalue weighted by atomic mass is 10.0. The minimum absolute atomic E-state index is 0.00349. The number of Topliss-reactive ketones (excluding diaryl/α,β-unsaturated/α-hetero) is 1. The fourth-order valence-corrected chi connectivity index (χ4v) is 2.66. The van der Waals surface area contributed by atoms with Gasteiger partial charge < -0.3 is 14.6 Å². The third kappa shape index (κ3) is 4.24. The number of nitrogens with zero attached hydrogens (tertiary/aromatic N) is 1. The van der Waals surface area contributed by atoms with E-state index in [1.165, 1.54) is 0 Å². The lowest BCUT2D eigenvalue weighted by Gasteiger charge is -2.28. The number of rotatable bonds is 7. The number of esters is 1. The Morgan fingerprint density at radius 3 is 2.17 bits per heavy atom. The van der Waals surface area contributed by atoms with Gasteiger partial charge in [-0.1, -0.05) is 13.8 Å². The van der Waals surface area contributed by atoms with Gasteiger partial charge in [0.1, 0.15) is 5.69 Å². The zero-order valence-electron chi connectivity index (χ0n) is 15.6. The highest BCUT2D eigenvalue weighted by Crippen LogP contribution is 2.20. The molecule has 0 radical (unpaired) electrons. The van der Waals surface area contributed by atoms with Gasteiger partial charge in [0, 0.05) is 23.2 Å². The van der Waals surface area contributed by atoms with Gasteiger partial charge in [-0.05, 0) is 40.2 Å². The summed E-state index contributed by atoms with van der Waals surface area (Å²) in [7, 11) is 0. The predicted molar refractivity (Wildman–Crippen MR) is 92.2 cm³/mol. The molecule has 0 bridgehead atoms. The number of aromatic nitrogens is 1. The average Bonchev–Trinajstić information content (AvgIpc) is 2.78. The van der Waals surface area contributed by atoms with Crippen LogP contribution in [0, 0.1) is 19.8 Å². The molecule has 0 spiro atoms. The SMILES string of the molecule is CCOC(=O)c1[nH]c(C)c(C(=O)CN(C(=O)C(C)C)C(C)C)c1C. The number of hydrogen-bond donors (Lipinski definition) is 1. The zero-order chi connectivity index (χ0) is 18.6. The van der Waals surface area contributed by atoms with Gasteiger partial charge in [0.15, 0.2) is 5.78 Å². The van der Waals surface area contributed by atoms with Gasteiger partial charge in [0.05, 0.1) is 13.2 Å². The first kappa shape index (κ1) is 19.9. The third-order valence-corrected chi connectivity index (χ3v) is 3.91. The molecule has 0 saturated heterocycles. The molecule has 24 heavy (non-hydrogen) atoms. The Morgan fingerprint density at radius 2 is 1.71 bits per heavy atom. The summed E-state index contributed by atoms with van der Waals surface area (Å²) in [6.07, 6.45) is 0. The van der Waals surface area contributed by atoms with Crippen molar-refractivity contribution in [3.05, 3.63) is 22.5 Å². The molecular formula is C18H28N2O4. The number of ether oxygens (including phenoxy) is 1. The van der Waals surface area contributed by atoms with Crippen molar-refractivity contribution in [3.8, 4) is 0 Å². The number of H-pyrrole nitrogens is 1. The van der Waals surface area contributed by atoms with Crippen molar-refractivity contribution in [3.63, 3.8) is 0 Å². The molecule has 1 aromatic heterocycles. The average molecular weight is 336 g/mol. The van der Waals surface area contributed by atoms with Crippen LogP contribution in [0.2, 0.25) is 0 Å². The maximum atomic E-state index is 12.8. The van der Waals surface area contributed by atoms with Gasteiger partial charge >= 0.3 is 5.97 Å². The van der Waals surface area contributed by atoms with Crippen LogP contribution in [-0.2, 0) is 9.53 Å². The largest absolute Gasteiger partial charge is 0.461 e. The summed E-state index contributed by atoms with van der Waals surface area (Å²) in [5.74, 6) is -0.894. The Bertz CT molecular complexity index is 629. The van der Waals surface area contributed by atoms with E-state index in [9.17, 15) is 14.4 Å². The molecule has 0 aliphatic carbocycles. The highest BCUT2D eigenvalue weighted by molar-refractivity contribution is 6.04. The van der Waals surface area contributed by atoms with E-state index in [0.717, 1.165) is 0 Å². The van der Waals surface area contributed by atoms with Crippen LogP contribution in [0.25, 0.3) is 0 Å². The van der Waals surface area contributed by atoms with E-state index in [1.54, 1.807) is 25.7 Å². The summed E-state index contributed by atoms with van der Waals surface area (Å²) >= 11 is 0. The number of carbonyl (C=O) groups is 3. The normalized spacial score (nSPS) is 11.0. The second-order valence-corrected chi connectivity index (χ2v) is 6.48. The summed E-state index contributed by atoms with van der Waals surface area (Å²) < 4.78 is 5.00. The first-order chi connectivity index (χ1) is 11.1. The summed E-state index contributed by atoms with van der Waals surface area (Å²) in [4.78, 5) is 41.5. The minimum Gasteiger partial charge on any atom is -0.461 e. The first-order valence-electron chi connectivity index (χ1n) is 8.31. The van der Waals surface area contributed by atoms with Crippen molar-refractivity contribution in [2.75, 3.05) is 13.2 Å². The van der Waals surface area contributed by atoms with Crippen LogP contribution in [0.3, 0.4) is 0 Å². The van der Waals surface area contributed by atoms with Crippen LogP contribution in [0.5, 0.6) is 0 Å². The van der Waals surface area contributed by atoms with Gasteiger partial charge in [0.25, 0.3) is 0 Å². The molecule has 0 atom stereocenters. The van der Waals surface area contributed by atoms with Crippen LogP contribution >= 0.6 is 0 Å². The van der Waals surface area contributed by atoms with E-state index in [4.69, 9.17) is 4.74 Å². The number of nitrogens with one attached hydrogen (secondary N) is 1. The molecule has 134 valence electrons. The molecule has 0 unspecified atom stereocenters. The second-order valence-electron chi connectivity index (χ2n) is 6.48. The van der Waals surface area contributed by atoms with Crippen LogP contribution in [0.4, 0.5) is 0 Å². The quantitative estimate of drug-likeness (QED) is 0.613. The number of hydrogen-bond acceptors (Lipinski definition) is 4. The standard InChI is InChI=1S/C18H28N2O4/c1-8-24-18(23)16-12(6)15(13(7)19-16)14(21)9-20(11(4)5)17(22)10(2)3/h10-11,19H,8-9H2,1-7H3. The molecule has 0 aliphatic heterocycles. The van der Waals surface area contributed by atoms with Gasteiger partial charge in [0.2, 0.25) is 5.91 Å². The number of carbonyl (C=O) groups excluding carboxylic acids is 3. The van der Waals surface area contributed by atoms with Crippen molar-refractivity contribution in [2.45, 2.75) is 54.5 Å². The molecule has 0 aliphatic rings. The van der Waals surface area contributed by atoms with Gasteiger partial charge in [-0.15, -0.1) is 0 Å². The highest BCUT2D eigenvalue weighted by atomic mass is 16.5. The molecule has 1 heterocycles. The van der Waals surface area contributed by atoms with E-state index in [1.807, 2.05) is 27.7 Å². The maximum Gasteiger partial charge on any atom is 0.355 e. The van der Waals surface area contributed by atoms with Crippen molar-refractivity contribution in [2.24, 2.45) is 5.92 Å². The van der Waals surface area contributed by atoms with Crippen molar-refractivity contribution in [1.82, 2.24) is 9.88 Å². The molecule has 1 rings (SSSR count). The smallest absolute Gasteiger partial charge is 0.355 e. The van der Waals surface area contributed by atoms with Crippen molar-refractivity contribution < 1.29 is 19.1 Å². The molecule has 0 saturated carbocycles. The monoisotopic (exact) mass is 336 g/mol. The summed E-state index contributed by atoms with van der Waals surface area (Å²) in [6.45, 7) is 12.8. The summed E-state index contributed by atoms with van der Waals surface area (Å²) in [5, 5.41) is 0. The lowest BCUT2D eigenvalue weighted by molar-refractivity contribution is -0.135. The van der Waals surface area contributed by atoms with E-state index in [0.29, 0.717) is 22.5 Å². The third-order valence-electron chi connectivity index (χ3n) is 3.91. The second kappa shape index (κ2) is 8.13. The highest BCUT2D eigenvalue weighted by Gasteiger charge is 2.27. The van der Waals surface area contributed by atoms with E-state index < -0.39 is 5.97 Å². The number of aromatic amines is 1. The zero-order valence-corrected chi connectivity index (χ0v) is 15.6. The molecule has 1 aromatic rings. The topological polar surface area (TPSA) is 79.5 Å². The Hall–Kier alpha value is -2.11. The number of ketones is 1. The first-order valence-corrected chi connectivity index (χ1v) is 8.31. The number of amides is 1. The Labute approximate surface area is 143 Å². The molecule has 6 nitrogen and oxygen atoms in total. The van der Waals surface area contributed by atoms with E-state index in [-0.39, 0.29) is 36.8 Å². The molecule has 0 aromatic carbocycles. The van der Waals surface area contributed by atoms with Crippen molar-refractivity contribution >= 4 is 17.7 Å². The van der Waals surface area contributed by atoms with E-state index in [2.05, 4.69) is 4.98 Å². The fourth-order valence-electron chi connectivity index (χ4n) is 2.66. The molecule has 1 N–H and O–H groups in total. The molecule has 0 fully saturated rings. The minimum atomic E-state index is -0.476. The van der Waals surface area contributed by atoms with Crippen LogP contribution in [0.1, 0.15) is 66.7 Å². The Balaban J connectivity index is 3.11. The van der Waals surface area contributed by atoms with Gasteiger partial charge in [-0.2, -0.15) is 0 Å². The van der Waals surface area contributed by atoms with E-state index >= 15 is 0 Å². The molecule has 1 amide bonds.